The van der Waals surface area contributed by atoms with Gasteiger partial charge in [0.15, 0.2) is 9.84 Å². The predicted molar refractivity (Wildman–Crippen MR) is 68.2 cm³/mol. The monoisotopic (exact) mass is 247 g/mol. The Bertz CT molecular complexity index is 330. The van der Waals surface area contributed by atoms with Gasteiger partial charge in [0.1, 0.15) is 0 Å². The van der Waals surface area contributed by atoms with Gasteiger partial charge in [-0.05, 0) is 23.3 Å². The highest BCUT2D eigenvalue weighted by Gasteiger charge is 2.63. The van der Waals surface area contributed by atoms with Crippen LogP contribution in [-0.2, 0) is 9.84 Å². The summed E-state index contributed by atoms with van der Waals surface area (Å²) in [7, 11) is -2.82. The summed E-state index contributed by atoms with van der Waals surface area (Å²) in [4.78, 5) is 0. The van der Waals surface area contributed by atoms with Crippen LogP contribution >= 0.6 is 0 Å². The van der Waals surface area contributed by atoms with Crippen molar-refractivity contribution >= 4 is 9.84 Å². The van der Waals surface area contributed by atoms with E-state index in [0.717, 1.165) is 6.54 Å². The van der Waals surface area contributed by atoms with Crippen LogP contribution in [0.2, 0.25) is 0 Å². The van der Waals surface area contributed by atoms with Gasteiger partial charge in [0.25, 0.3) is 0 Å². The van der Waals surface area contributed by atoms with Crippen LogP contribution in [0.15, 0.2) is 0 Å². The molecule has 1 saturated carbocycles. The molecule has 0 radical (unpaired) electrons. The first-order valence-electron chi connectivity index (χ1n) is 6.06. The molecule has 0 unspecified atom stereocenters. The van der Waals surface area contributed by atoms with Gasteiger partial charge in [-0.25, -0.2) is 8.42 Å². The standard InChI is InChI=1S/C12H25NO2S/c1-6-16(14,15)8-7-13-9-10-11(2,3)12(10,4)5/h10,13H,6-9H2,1-5H3. The molecule has 96 valence electrons. The molecule has 1 aliphatic carbocycles. The molecule has 0 aliphatic heterocycles. The van der Waals surface area contributed by atoms with Crippen LogP contribution in [0.25, 0.3) is 0 Å². The second-order valence-corrected chi connectivity index (χ2v) is 8.41. The molecule has 1 fully saturated rings. The summed E-state index contributed by atoms with van der Waals surface area (Å²) in [5, 5.41) is 3.27. The van der Waals surface area contributed by atoms with Crippen molar-refractivity contribution < 1.29 is 8.42 Å². The summed E-state index contributed by atoms with van der Waals surface area (Å²) in [5.74, 6) is 1.16. The lowest BCUT2D eigenvalue weighted by atomic mass is 10.0. The summed E-state index contributed by atoms with van der Waals surface area (Å²) in [6.07, 6.45) is 0. The molecule has 3 nitrogen and oxygen atoms in total. The lowest BCUT2D eigenvalue weighted by Crippen LogP contribution is -2.26. The van der Waals surface area contributed by atoms with Crippen LogP contribution in [0.4, 0.5) is 0 Å². The zero-order valence-corrected chi connectivity index (χ0v) is 11.9. The van der Waals surface area contributed by atoms with Gasteiger partial charge < -0.3 is 5.32 Å². The molecule has 16 heavy (non-hydrogen) atoms. The Kier molecular flexibility index (Phi) is 3.75. The topological polar surface area (TPSA) is 46.2 Å². The van der Waals surface area contributed by atoms with Gasteiger partial charge in [-0.1, -0.05) is 34.6 Å². The Morgan fingerprint density at radius 2 is 1.62 bits per heavy atom. The van der Waals surface area contributed by atoms with Crippen LogP contribution < -0.4 is 5.32 Å². The van der Waals surface area contributed by atoms with Crippen LogP contribution in [0.1, 0.15) is 34.6 Å². The van der Waals surface area contributed by atoms with Gasteiger partial charge >= 0.3 is 0 Å². The fourth-order valence-electron chi connectivity index (χ4n) is 2.46. The molecule has 1 N–H and O–H groups in total. The molecule has 1 aliphatic rings. The SMILES string of the molecule is CCS(=O)(=O)CCNCC1C(C)(C)C1(C)C. The fraction of sp³-hybridized carbons (Fsp3) is 1.00. The van der Waals surface area contributed by atoms with E-state index in [9.17, 15) is 8.42 Å². The van der Waals surface area contributed by atoms with E-state index in [1.807, 2.05) is 0 Å². The first-order chi connectivity index (χ1) is 7.15. The zero-order valence-electron chi connectivity index (χ0n) is 11.1. The minimum atomic E-state index is -2.82. The Balaban J connectivity index is 2.25. The average Bonchev–Trinajstić information content (AvgIpc) is 2.54. The highest BCUT2D eigenvalue weighted by Crippen LogP contribution is 2.67. The maximum Gasteiger partial charge on any atom is 0.151 e. The molecule has 4 heteroatoms. The number of hydrogen-bond acceptors (Lipinski definition) is 3. The van der Waals surface area contributed by atoms with Crippen molar-refractivity contribution in [2.24, 2.45) is 16.7 Å². The molecule has 0 aromatic carbocycles. The number of rotatable bonds is 6. The van der Waals surface area contributed by atoms with Gasteiger partial charge in [0, 0.05) is 12.3 Å². The smallest absolute Gasteiger partial charge is 0.151 e. The van der Waals surface area contributed by atoms with Crippen molar-refractivity contribution in [3.63, 3.8) is 0 Å². The number of hydrogen-bond donors (Lipinski definition) is 1. The second kappa shape index (κ2) is 4.30. The summed E-state index contributed by atoms with van der Waals surface area (Å²) in [5.41, 5.74) is 0.757. The first-order valence-corrected chi connectivity index (χ1v) is 7.88. The molecule has 0 heterocycles. The summed E-state index contributed by atoms with van der Waals surface area (Å²) in [6.45, 7) is 12.3. The predicted octanol–water partition coefficient (Wildman–Crippen LogP) is 1.69. The normalized spacial score (nSPS) is 23.3. The molecule has 1 rings (SSSR count). The Morgan fingerprint density at radius 3 is 2.00 bits per heavy atom. The Hall–Kier alpha value is -0.0900. The van der Waals surface area contributed by atoms with Gasteiger partial charge in [-0.2, -0.15) is 0 Å². The van der Waals surface area contributed by atoms with E-state index in [0.29, 0.717) is 23.3 Å². The summed E-state index contributed by atoms with van der Waals surface area (Å²) < 4.78 is 22.5. The molecule has 0 aromatic heterocycles. The lowest BCUT2D eigenvalue weighted by molar-refractivity contribution is 0.457. The summed E-state index contributed by atoms with van der Waals surface area (Å²) in [6, 6.07) is 0. The molecular weight excluding hydrogens is 222 g/mol. The number of nitrogens with one attached hydrogen (secondary N) is 1. The highest BCUT2D eigenvalue weighted by molar-refractivity contribution is 7.91. The van der Waals surface area contributed by atoms with Crippen molar-refractivity contribution in [2.45, 2.75) is 34.6 Å². The minimum Gasteiger partial charge on any atom is -0.315 e. The third-order valence-electron chi connectivity index (χ3n) is 4.70. The summed E-state index contributed by atoms with van der Waals surface area (Å²) >= 11 is 0. The molecule has 0 saturated heterocycles. The highest BCUT2D eigenvalue weighted by atomic mass is 32.2. The third-order valence-corrected chi connectivity index (χ3v) is 6.40. The van der Waals surface area contributed by atoms with Gasteiger partial charge in [-0.15, -0.1) is 0 Å². The molecule has 0 spiro atoms. The molecule has 0 aromatic rings. The van der Waals surface area contributed by atoms with Crippen molar-refractivity contribution in [2.75, 3.05) is 24.6 Å². The Labute approximate surface area is 99.9 Å². The first kappa shape index (κ1) is 14.0. The fourth-order valence-corrected chi connectivity index (χ4v) is 3.21. The molecule has 0 amide bonds. The van der Waals surface area contributed by atoms with Crippen LogP contribution in [0.3, 0.4) is 0 Å². The van der Waals surface area contributed by atoms with Crippen molar-refractivity contribution in [3.8, 4) is 0 Å². The van der Waals surface area contributed by atoms with E-state index in [2.05, 4.69) is 33.0 Å². The van der Waals surface area contributed by atoms with E-state index in [1.165, 1.54) is 0 Å². The zero-order chi connectivity index (χ0) is 12.6. The largest absolute Gasteiger partial charge is 0.315 e. The van der Waals surface area contributed by atoms with Crippen LogP contribution in [-0.4, -0.2) is 33.0 Å². The molecule has 0 bridgehead atoms. The minimum absolute atomic E-state index is 0.245. The molecular formula is C12H25NO2S. The van der Waals surface area contributed by atoms with Crippen LogP contribution in [0.5, 0.6) is 0 Å². The maximum atomic E-state index is 11.3. The van der Waals surface area contributed by atoms with Gasteiger partial charge in [0.05, 0.1) is 5.75 Å². The Morgan fingerprint density at radius 1 is 1.12 bits per heavy atom. The van der Waals surface area contributed by atoms with E-state index in [1.54, 1.807) is 6.92 Å². The quantitative estimate of drug-likeness (QED) is 0.727. The van der Waals surface area contributed by atoms with Crippen molar-refractivity contribution in [1.29, 1.82) is 0 Å². The molecule has 0 atom stereocenters. The average molecular weight is 247 g/mol. The van der Waals surface area contributed by atoms with Crippen molar-refractivity contribution in [1.82, 2.24) is 5.32 Å². The van der Waals surface area contributed by atoms with E-state index < -0.39 is 9.84 Å². The van der Waals surface area contributed by atoms with Crippen LogP contribution in [0, 0.1) is 16.7 Å². The van der Waals surface area contributed by atoms with E-state index in [-0.39, 0.29) is 11.5 Å². The lowest BCUT2D eigenvalue weighted by Gasteiger charge is -2.05. The maximum absolute atomic E-state index is 11.3. The number of sulfone groups is 1. The second-order valence-electron chi connectivity index (χ2n) is 5.94. The van der Waals surface area contributed by atoms with Crippen molar-refractivity contribution in [3.05, 3.63) is 0 Å². The van der Waals surface area contributed by atoms with Gasteiger partial charge in [-0.3, -0.25) is 0 Å². The van der Waals surface area contributed by atoms with Gasteiger partial charge in [0.2, 0.25) is 0 Å². The van der Waals surface area contributed by atoms with E-state index in [4.69, 9.17) is 0 Å². The van der Waals surface area contributed by atoms with E-state index >= 15 is 0 Å². The third kappa shape index (κ3) is 2.59.